The Morgan fingerprint density at radius 3 is 2.23 bits per heavy atom. The van der Waals surface area contributed by atoms with Crippen LogP contribution in [-0.4, -0.2) is 30.1 Å². The normalized spacial score (nSPS) is 11.9. The summed E-state index contributed by atoms with van der Waals surface area (Å²) in [6.45, 7) is 5.18. The van der Waals surface area contributed by atoms with Crippen LogP contribution in [0.25, 0.3) is 0 Å². The summed E-state index contributed by atoms with van der Waals surface area (Å²) in [4.78, 5) is 36.6. The SMILES string of the molecule is CC(C)(C)OC(=O)NCCC(=O)OC(C(=O)Nc1ccc(F)cc1)c1ccccc1. The highest BCUT2D eigenvalue weighted by Crippen LogP contribution is 2.21. The van der Waals surface area contributed by atoms with Crippen molar-refractivity contribution in [2.24, 2.45) is 0 Å². The van der Waals surface area contributed by atoms with Crippen LogP contribution in [0.5, 0.6) is 0 Å². The van der Waals surface area contributed by atoms with Crippen LogP contribution in [-0.2, 0) is 19.1 Å². The Bertz CT molecular complexity index is 863. The largest absolute Gasteiger partial charge is 0.447 e. The molecule has 2 N–H and O–H groups in total. The van der Waals surface area contributed by atoms with Crippen molar-refractivity contribution in [3.05, 3.63) is 66.0 Å². The number of rotatable bonds is 7. The molecule has 160 valence electrons. The highest BCUT2D eigenvalue weighted by atomic mass is 19.1. The third kappa shape index (κ3) is 7.90. The summed E-state index contributed by atoms with van der Waals surface area (Å²) in [5.74, 6) is -1.69. The summed E-state index contributed by atoms with van der Waals surface area (Å²) in [6.07, 6.45) is -2.00. The van der Waals surface area contributed by atoms with Gasteiger partial charge in [-0.15, -0.1) is 0 Å². The van der Waals surface area contributed by atoms with Gasteiger partial charge in [0.15, 0.2) is 0 Å². The quantitative estimate of drug-likeness (QED) is 0.667. The fourth-order valence-corrected chi connectivity index (χ4v) is 2.41. The summed E-state index contributed by atoms with van der Waals surface area (Å²) >= 11 is 0. The predicted molar refractivity (Wildman–Crippen MR) is 109 cm³/mol. The van der Waals surface area contributed by atoms with Gasteiger partial charge >= 0.3 is 12.1 Å². The maximum atomic E-state index is 13.1. The first kappa shape index (κ1) is 22.9. The maximum absolute atomic E-state index is 13.1. The second-order valence-electron chi connectivity index (χ2n) is 7.46. The number of esters is 1. The van der Waals surface area contributed by atoms with E-state index in [1.807, 2.05) is 0 Å². The van der Waals surface area contributed by atoms with Crippen molar-refractivity contribution in [1.82, 2.24) is 5.32 Å². The van der Waals surface area contributed by atoms with Gasteiger partial charge in [0.05, 0.1) is 6.42 Å². The van der Waals surface area contributed by atoms with Gasteiger partial charge in [-0.25, -0.2) is 9.18 Å². The van der Waals surface area contributed by atoms with E-state index in [2.05, 4.69) is 10.6 Å². The molecule has 1 unspecified atom stereocenters. The molecule has 2 aromatic rings. The van der Waals surface area contributed by atoms with Crippen molar-refractivity contribution < 1.29 is 28.2 Å². The lowest BCUT2D eigenvalue weighted by Gasteiger charge is -2.20. The molecule has 8 heteroatoms. The molecule has 0 aromatic heterocycles. The number of ether oxygens (including phenoxy) is 2. The van der Waals surface area contributed by atoms with E-state index in [1.165, 1.54) is 24.3 Å². The first-order valence-corrected chi connectivity index (χ1v) is 9.42. The van der Waals surface area contributed by atoms with Gasteiger partial charge in [0.2, 0.25) is 6.10 Å². The van der Waals surface area contributed by atoms with Gasteiger partial charge in [0.1, 0.15) is 11.4 Å². The van der Waals surface area contributed by atoms with Crippen molar-refractivity contribution in [2.75, 3.05) is 11.9 Å². The number of halogens is 1. The summed E-state index contributed by atoms with van der Waals surface area (Å²) in [7, 11) is 0. The predicted octanol–water partition coefficient (Wildman–Crippen LogP) is 3.96. The van der Waals surface area contributed by atoms with Crippen LogP contribution in [0.1, 0.15) is 38.9 Å². The van der Waals surface area contributed by atoms with Crippen molar-refractivity contribution in [2.45, 2.75) is 38.9 Å². The minimum absolute atomic E-state index is 0.00512. The van der Waals surface area contributed by atoms with Crippen LogP contribution in [0.15, 0.2) is 54.6 Å². The number of amides is 2. The second kappa shape index (κ2) is 10.4. The summed E-state index contributed by atoms with van der Waals surface area (Å²) in [6, 6.07) is 13.7. The molecule has 0 bridgehead atoms. The molecule has 0 heterocycles. The number of anilines is 1. The molecule has 0 saturated carbocycles. The number of benzene rings is 2. The van der Waals surface area contributed by atoms with Crippen LogP contribution in [0.4, 0.5) is 14.9 Å². The number of carbonyl (C=O) groups excluding carboxylic acids is 3. The Kier molecular flexibility index (Phi) is 7.91. The van der Waals surface area contributed by atoms with E-state index >= 15 is 0 Å². The lowest BCUT2D eigenvalue weighted by atomic mass is 10.1. The van der Waals surface area contributed by atoms with Crippen LogP contribution < -0.4 is 10.6 Å². The van der Waals surface area contributed by atoms with Crippen LogP contribution in [0.2, 0.25) is 0 Å². The van der Waals surface area contributed by atoms with Crippen molar-refractivity contribution >= 4 is 23.7 Å². The van der Waals surface area contributed by atoms with Gasteiger partial charge in [-0.2, -0.15) is 0 Å². The van der Waals surface area contributed by atoms with Gasteiger partial charge in [-0.1, -0.05) is 30.3 Å². The minimum Gasteiger partial charge on any atom is -0.447 e. The van der Waals surface area contributed by atoms with E-state index in [4.69, 9.17) is 9.47 Å². The molecule has 2 rings (SSSR count). The number of carbonyl (C=O) groups is 3. The van der Waals surface area contributed by atoms with E-state index in [9.17, 15) is 18.8 Å². The second-order valence-corrected chi connectivity index (χ2v) is 7.46. The molecular weight excluding hydrogens is 391 g/mol. The van der Waals surface area contributed by atoms with Crippen LogP contribution >= 0.6 is 0 Å². The van der Waals surface area contributed by atoms with Gasteiger partial charge in [-0.05, 0) is 45.0 Å². The fraction of sp³-hybridized carbons (Fsp3) is 0.318. The first-order valence-electron chi connectivity index (χ1n) is 9.42. The lowest BCUT2D eigenvalue weighted by Crippen LogP contribution is -2.34. The molecule has 0 aliphatic carbocycles. The number of hydrogen-bond donors (Lipinski definition) is 2. The van der Waals surface area contributed by atoms with E-state index in [0.29, 0.717) is 11.3 Å². The van der Waals surface area contributed by atoms with Gasteiger partial charge < -0.3 is 20.1 Å². The third-order valence-corrected chi connectivity index (χ3v) is 3.70. The van der Waals surface area contributed by atoms with Crippen LogP contribution in [0, 0.1) is 5.82 Å². The zero-order valence-corrected chi connectivity index (χ0v) is 17.1. The molecule has 30 heavy (non-hydrogen) atoms. The van der Waals surface area contributed by atoms with E-state index in [-0.39, 0.29) is 13.0 Å². The average Bonchev–Trinajstić information content (AvgIpc) is 2.67. The maximum Gasteiger partial charge on any atom is 0.407 e. The molecule has 2 amide bonds. The summed E-state index contributed by atoms with van der Waals surface area (Å²) in [5, 5.41) is 5.06. The molecule has 7 nitrogen and oxygen atoms in total. The summed E-state index contributed by atoms with van der Waals surface area (Å²) < 4.78 is 23.5. The summed E-state index contributed by atoms with van der Waals surface area (Å²) in [5.41, 5.74) is 0.192. The zero-order chi connectivity index (χ0) is 22.1. The molecule has 0 spiro atoms. The molecule has 0 fully saturated rings. The fourth-order valence-electron chi connectivity index (χ4n) is 2.41. The lowest BCUT2D eigenvalue weighted by molar-refractivity contribution is -0.154. The Morgan fingerprint density at radius 2 is 1.63 bits per heavy atom. The number of nitrogens with one attached hydrogen (secondary N) is 2. The highest BCUT2D eigenvalue weighted by molar-refractivity contribution is 5.96. The molecule has 0 radical (unpaired) electrons. The molecule has 0 aliphatic rings. The smallest absolute Gasteiger partial charge is 0.407 e. The Labute approximate surface area is 174 Å². The molecule has 2 aromatic carbocycles. The Balaban J connectivity index is 1.98. The van der Waals surface area contributed by atoms with Crippen LogP contribution in [0.3, 0.4) is 0 Å². The topological polar surface area (TPSA) is 93.7 Å². The third-order valence-electron chi connectivity index (χ3n) is 3.70. The number of hydrogen-bond acceptors (Lipinski definition) is 5. The zero-order valence-electron chi connectivity index (χ0n) is 17.1. The molecule has 0 aliphatic heterocycles. The Morgan fingerprint density at radius 1 is 1.00 bits per heavy atom. The van der Waals surface area contributed by atoms with E-state index in [1.54, 1.807) is 51.1 Å². The van der Waals surface area contributed by atoms with E-state index < -0.39 is 35.5 Å². The monoisotopic (exact) mass is 416 g/mol. The standard InChI is InChI=1S/C22H25FN2O5/c1-22(2,3)30-21(28)24-14-13-18(26)29-19(15-7-5-4-6-8-15)20(27)25-17-11-9-16(23)10-12-17/h4-12,19H,13-14H2,1-3H3,(H,24,28)(H,25,27). The average molecular weight is 416 g/mol. The minimum atomic E-state index is -1.20. The van der Waals surface area contributed by atoms with Crippen molar-refractivity contribution in [3.63, 3.8) is 0 Å². The first-order chi connectivity index (χ1) is 14.1. The Hall–Kier alpha value is -3.42. The van der Waals surface area contributed by atoms with Gasteiger partial charge in [0, 0.05) is 17.8 Å². The van der Waals surface area contributed by atoms with Crippen molar-refractivity contribution in [3.8, 4) is 0 Å². The van der Waals surface area contributed by atoms with Crippen molar-refractivity contribution in [1.29, 1.82) is 0 Å². The highest BCUT2D eigenvalue weighted by Gasteiger charge is 2.25. The molecular formula is C22H25FN2O5. The van der Waals surface area contributed by atoms with Gasteiger partial charge in [0.25, 0.3) is 5.91 Å². The number of alkyl carbamates (subject to hydrolysis) is 1. The van der Waals surface area contributed by atoms with E-state index in [0.717, 1.165) is 0 Å². The molecule has 1 atom stereocenters. The molecule has 0 saturated heterocycles. The van der Waals surface area contributed by atoms with Gasteiger partial charge in [-0.3, -0.25) is 9.59 Å².